The first-order valence-corrected chi connectivity index (χ1v) is 4.32. The largest absolute Gasteiger partial charge is 0.508 e. The average molecular weight is 190 g/mol. The Balaban J connectivity index is 2.96. The number of hydrogen-bond acceptors (Lipinski definition) is 3. The van der Waals surface area contributed by atoms with Crippen LogP contribution in [0.5, 0.6) is 5.75 Å². The molecule has 72 valence electrons. The molecule has 1 heterocycles. The monoisotopic (exact) mass is 190 g/mol. The molecule has 0 amide bonds. The lowest BCUT2D eigenvalue weighted by molar-refractivity contribution is 0.471. The highest BCUT2D eigenvalue weighted by Gasteiger charge is 2.05. The van der Waals surface area contributed by atoms with E-state index in [1.807, 2.05) is 0 Å². The summed E-state index contributed by atoms with van der Waals surface area (Å²) in [6, 6.07) is 4.52. The number of fused-ring (bicyclic) bond motifs is 1. The highest BCUT2D eigenvalue weighted by atomic mass is 16.3. The minimum Gasteiger partial charge on any atom is -0.508 e. The Morgan fingerprint density at radius 3 is 2.64 bits per heavy atom. The lowest BCUT2D eigenvalue weighted by Gasteiger charge is -2.01. The van der Waals surface area contributed by atoms with Crippen molar-refractivity contribution in [1.82, 2.24) is 0 Å². The van der Waals surface area contributed by atoms with Gasteiger partial charge in [0.05, 0.1) is 5.39 Å². The van der Waals surface area contributed by atoms with Crippen molar-refractivity contribution < 1.29 is 9.52 Å². The molecular weight excluding hydrogens is 180 g/mol. The van der Waals surface area contributed by atoms with E-state index in [1.54, 1.807) is 19.9 Å². The van der Waals surface area contributed by atoms with E-state index >= 15 is 0 Å². The number of aromatic hydroxyl groups is 1. The van der Waals surface area contributed by atoms with Crippen LogP contribution in [-0.2, 0) is 0 Å². The molecule has 14 heavy (non-hydrogen) atoms. The van der Waals surface area contributed by atoms with Gasteiger partial charge in [-0.25, -0.2) is 0 Å². The number of rotatable bonds is 0. The molecule has 0 unspecified atom stereocenters. The van der Waals surface area contributed by atoms with E-state index in [4.69, 9.17) is 4.42 Å². The summed E-state index contributed by atoms with van der Waals surface area (Å²) in [5.41, 5.74) is 1.09. The Kier molecular flexibility index (Phi) is 1.81. The fourth-order valence-corrected chi connectivity index (χ4v) is 1.41. The van der Waals surface area contributed by atoms with Gasteiger partial charge in [0.25, 0.3) is 0 Å². The van der Waals surface area contributed by atoms with Crippen LogP contribution in [0.4, 0.5) is 0 Å². The number of hydrogen-bond donors (Lipinski definition) is 1. The Morgan fingerprint density at radius 2 is 1.93 bits per heavy atom. The van der Waals surface area contributed by atoms with Crippen molar-refractivity contribution in [3.8, 4) is 5.75 Å². The minimum absolute atomic E-state index is 0.119. The average Bonchev–Trinajstić information content (AvgIpc) is 2.08. The third-order valence-corrected chi connectivity index (χ3v) is 2.17. The molecule has 0 saturated heterocycles. The second-order valence-corrected chi connectivity index (χ2v) is 3.36. The van der Waals surface area contributed by atoms with E-state index in [2.05, 4.69) is 0 Å². The molecular formula is C11H10O3. The summed E-state index contributed by atoms with van der Waals surface area (Å²) in [7, 11) is 0. The Labute approximate surface area is 80.6 Å². The molecule has 0 spiro atoms. The van der Waals surface area contributed by atoms with Crippen LogP contribution in [-0.4, -0.2) is 5.11 Å². The zero-order valence-corrected chi connectivity index (χ0v) is 8.00. The van der Waals surface area contributed by atoms with Gasteiger partial charge in [-0.1, -0.05) is 0 Å². The van der Waals surface area contributed by atoms with Crippen LogP contribution in [0.2, 0.25) is 0 Å². The molecule has 0 aliphatic rings. The van der Waals surface area contributed by atoms with Gasteiger partial charge >= 0.3 is 0 Å². The minimum atomic E-state index is -0.126. The summed E-state index contributed by atoms with van der Waals surface area (Å²) in [5, 5.41) is 9.85. The maximum atomic E-state index is 11.5. The van der Waals surface area contributed by atoms with Crippen molar-refractivity contribution in [1.29, 1.82) is 0 Å². The topological polar surface area (TPSA) is 50.4 Å². The predicted molar refractivity (Wildman–Crippen MR) is 53.6 cm³/mol. The Hall–Kier alpha value is -1.77. The first-order chi connectivity index (χ1) is 6.58. The van der Waals surface area contributed by atoms with Crippen molar-refractivity contribution in [3.63, 3.8) is 0 Å². The molecule has 0 radical (unpaired) electrons. The predicted octanol–water partition coefficient (Wildman–Crippen LogP) is 2.12. The normalized spacial score (nSPS) is 10.7. The second-order valence-electron chi connectivity index (χ2n) is 3.36. The van der Waals surface area contributed by atoms with E-state index in [0.29, 0.717) is 22.3 Å². The van der Waals surface area contributed by atoms with Crippen LogP contribution < -0.4 is 5.43 Å². The molecule has 1 N–H and O–H groups in total. The first kappa shape index (κ1) is 8.81. The standard InChI is InChI=1S/C11H10O3/c1-6-3-11-8(5-9(6)12)10(13)4-7(2)14-11/h3-5,12H,1-2H3. The quantitative estimate of drug-likeness (QED) is 0.692. The van der Waals surface area contributed by atoms with Gasteiger partial charge in [0.2, 0.25) is 0 Å². The van der Waals surface area contributed by atoms with E-state index in [-0.39, 0.29) is 11.2 Å². The molecule has 2 rings (SSSR count). The van der Waals surface area contributed by atoms with Crippen molar-refractivity contribution in [2.24, 2.45) is 0 Å². The molecule has 3 nitrogen and oxygen atoms in total. The van der Waals surface area contributed by atoms with Gasteiger partial charge in [0, 0.05) is 6.07 Å². The van der Waals surface area contributed by atoms with Crippen LogP contribution >= 0.6 is 0 Å². The fourth-order valence-electron chi connectivity index (χ4n) is 1.41. The SMILES string of the molecule is Cc1cc(=O)c2cc(O)c(C)cc2o1. The van der Waals surface area contributed by atoms with Crippen molar-refractivity contribution in [3.05, 3.63) is 39.7 Å². The summed E-state index contributed by atoms with van der Waals surface area (Å²) < 4.78 is 5.37. The molecule has 0 aliphatic heterocycles. The van der Waals surface area contributed by atoms with Crippen molar-refractivity contribution >= 4 is 11.0 Å². The number of phenols is 1. The smallest absolute Gasteiger partial charge is 0.193 e. The van der Waals surface area contributed by atoms with Gasteiger partial charge in [0.1, 0.15) is 17.1 Å². The fraction of sp³-hybridized carbons (Fsp3) is 0.182. The van der Waals surface area contributed by atoms with Gasteiger partial charge < -0.3 is 9.52 Å². The highest BCUT2D eigenvalue weighted by Crippen LogP contribution is 2.22. The highest BCUT2D eigenvalue weighted by molar-refractivity contribution is 5.79. The van der Waals surface area contributed by atoms with E-state index in [0.717, 1.165) is 0 Å². The molecule has 3 heteroatoms. The van der Waals surface area contributed by atoms with Gasteiger partial charge in [-0.05, 0) is 31.5 Å². The van der Waals surface area contributed by atoms with Crippen LogP contribution in [0, 0.1) is 13.8 Å². The summed E-state index contributed by atoms with van der Waals surface area (Å²) in [5.74, 6) is 0.696. The van der Waals surface area contributed by atoms with Crippen molar-refractivity contribution in [2.45, 2.75) is 13.8 Å². The molecule has 0 saturated carbocycles. The van der Waals surface area contributed by atoms with E-state index in [1.165, 1.54) is 12.1 Å². The molecule has 0 fully saturated rings. The number of phenolic OH excluding ortho intramolecular Hbond substituents is 1. The van der Waals surface area contributed by atoms with Gasteiger partial charge in [-0.15, -0.1) is 0 Å². The summed E-state index contributed by atoms with van der Waals surface area (Å²) in [6.45, 7) is 3.49. The summed E-state index contributed by atoms with van der Waals surface area (Å²) in [6.07, 6.45) is 0. The van der Waals surface area contributed by atoms with Crippen molar-refractivity contribution in [2.75, 3.05) is 0 Å². The maximum Gasteiger partial charge on any atom is 0.193 e. The maximum absolute atomic E-state index is 11.5. The van der Waals surface area contributed by atoms with Gasteiger partial charge in [0.15, 0.2) is 5.43 Å². The van der Waals surface area contributed by atoms with E-state index in [9.17, 15) is 9.90 Å². The van der Waals surface area contributed by atoms with Crippen LogP contribution in [0.25, 0.3) is 11.0 Å². The third-order valence-electron chi connectivity index (χ3n) is 2.17. The molecule has 1 aromatic carbocycles. The summed E-state index contributed by atoms with van der Waals surface area (Å²) in [4.78, 5) is 11.5. The molecule has 1 aromatic heterocycles. The molecule has 0 bridgehead atoms. The second kappa shape index (κ2) is 2.87. The van der Waals surface area contributed by atoms with E-state index < -0.39 is 0 Å². The van der Waals surface area contributed by atoms with Gasteiger partial charge in [-0.3, -0.25) is 4.79 Å². The van der Waals surface area contributed by atoms with Crippen LogP contribution in [0.1, 0.15) is 11.3 Å². The summed E-state index contributed by atoms with van der Waals surface area (Å²) >= 11 is 0. The zero-order chi connectivity index (χ0) is 10.3. The molecule has 2 aromatic rings. The van der Waals surface area contributed by atoms with Crippen LogP contribution in [0.3, 0.4) is 0 Å². The molecule has 0 atom stereocenters. The molecule has 0 aliphatic carbocycles. The lowest BCUT2D eigenvalue weighted by atomic mass is 10.1. The first-order valence-electron chi connectivity index (χ1n) is 4.32. The Bertz CT molecular complexity index is 552. The number of benzene rings is 1. The van der Waals surface area contributed by atoms with Crippen LogP contribution in [0.15, 0.2) is 27.4 Å². The third kappa shape index (κ3) is 1.27. The number of aryl methyl sites for hydroxylation is 2. The van der Waals surface area contributed by atoms with Gasteiger partial charge in [-0.2, -0.15) is 0 Å². The Morgan fingerprint density at radius 1 is 1.21 bits per heavy atom. The lowest BCUT2D eigenvalue weighted by Crippen LogP contribution is -2.00. The zero-order valence-electron chi connectivity index (χ0n) is 8.00.